The molecule has 6 nitrogen and oxygen atoms in total. The minimum Gasteiger partial charge on any atom is -0.370 e. The van der Waals surface area contributed by atoms with Gasteiger partial charge in [-0.3, -0.25) is 14.1 Å². The number of carbonyl (C=O) groups excluding carboxylic acids is 3. The van der Waals surface area contributed by atoms with Gasteiger partial charge < -0.3 is 11.5 Å². The number of nitrogens with zero attached hydrogens (tertiary/aromatic N) is 1. The molecule has 2 atom stereocenters. The summed E-state index contributed by atoms with van der Waals surface area (Å²) < 4.78 is 0.0370. The van der Waals surface area contributed by atoms with E-state index < -0.39 is 17.2 Å². The number of likely N-dealkylation sites (tertiary alicyclic amines) is 1. The number of rotatable bonds is 7. The molecular weight excluding hydrogens is 270 g/mol. The number of nitrogens with two attached hydrogens (primary N) is 2. The molecule has 0 saturated carbocycles. The summed E-state index contributed by atoms with van der Waals surface area (Å²) in [6.45, 7) is 8.40. The largest absolute Gasteiger partial charge is 0.370 e. The van der Waals surface area contributed by atoms with E-state index in [1.807, 2.05) is 27.7 Å². The second-order valence-corrected chi connectivity index (χ2v) is 7.05. The van der Waals surface area contributed by atoms with Crippen LogP contribution >= 0.6 is 0 Å². The van der Waals surface area contributed by atoms with E-state index in [9.17, 15) is 14.4 Å². The lowest BCUT2D eigenvalue weighted by Gasteiger charge is -2.37. The van der Waals surface area contributed by atoms with Crippen molar-refractivity contribution in [2.24, 2.45) is 22.8 Å². The van der Waals surface area contributed by atoms with E-state index in [0.29, 0.717) is 19.4 Å². The first-order chi connectivity index (χ1) is 9.55. The van der Waals surface area contributed by atoms with E-state index in [2.05, 4.69) is 0 Å². The van der Waals surface area contributed by atoms with Gasteiger partial charge in [-0.1, -0.05) is 13.8 Å². The van der Waals surface area contributed by atoms with Gasteiger partial charge in [-0.25, -0.2) is 4.79 Å². The van der Waals surface area contributed by atoms with Crippen LogP contribution < -0.4 is 11.5 Å². The average molecular weight is 298 g/mol. The fraction of sp³-hybridized carbons (Fsp3) is 0.800. The van der Waals surface area contributed by atoms with Crippen molar-refractivity contribution in [2.75, 3.05) is 13.1 Å². The van der Waals surface area contributed by atoms with Crippen LogP contribution in [0.1, 0.15) is 47.0 Å². The molecule has 1 saturated heterocycles. The minimum atomic E-state index is -0.750. The number of quaternary nitrogens is 1. The Bertz CT molecular complexity index is 447. The van der Waals surface area contributed by atoms with Crippen LogP contribution in [-0.4, -0.2) is 41.3 Å². The summed E-state index contributed by atoms with van der Waals surface area (Å²) in [6, 6.07) is -0.0492. The number of hydrogen-bond donors (Lipinski definition) is 2. The highest BCUT2D eigenvalue weighted by Gasteiger charge is 2.60. The van der Waals surface area contributed by atoms with Gasteiger partial charge in [0.2, 0.25) is 5.91 Å². The van der Waals surface area contributed by atoms with Crippen LogP contribution in [0, 0.1) is 11.3 Å². The lowest BCUT2D eigenvalue weighted by Crippen LogP contribution is -2.60. The third kappa shape index (κ3) is 3.43. The molecule has 120 valence electrons. The van der Waals surface area contributed by atoms with Gasteiger partial charge in [0.15, 0.2) is 6.54 Å². The van der Waals surface area contributed by atoms with Gasteiger partial charge >= 0.3 is 5.91 Å². The first kappa shape index (κ1) is 17.6. The van der Waals surface area contributed by atoms with Crippen LogP contribution in [0.2, 0.25) is 0 Å². The zero-order valence-corrected chi connectivity index (χ0v) is 13.5. The molecule has 0 aliphatic carbocycles. The van der Waals surface area contributed by atoms with E-state index in [1.54, 1.807) is 0 Å². The predicted octanol–water partition coefficient (Wildman–Crippen LogP) is 0.535. The predicted molar refractivity (Wildman–Crippen MR) is 79.6 cm³/mol. The zero-order chi connectivity index (χ0) is 16.4. The van der Waals surface area contributed by atoms with Crippen molar-refractivity contribution in [3.05, 3.63) is 0 Å². The quantitative estimate of drug-likeness (QED) is 0.670. The van der Waals surface area contributed by atoms with Gasteiger partial charge in [0.05, 0.1) is 18.0 Å². The first-order valence-corrected chi connectivity index (χ1v) is 7.54. The highest BCUT2D eigenvalue weighted by molar-refractivity contribution is 5.87. The van der Waals surface area contributed by atoms with Gasteiger partial charge in [-0.15, -0.1) is 0 Å². The molecule has 4 N–H and O–H groups in total. The van der Waals surface area contributed by atoms with Crippen LogP contribution in [0.25, 0.3) is 0 Å². The summed E-state index contributed by atoms with van der Waals surface area (Å²) >= 11 is 0. The SMILES string of the molecule is CC(C)CC1(CC(N)=O)CC[N+](CC(N)=O)(C(C)C)C1=O. The van der Waals surface area contributed by atoms with E-state index in [0.717, 1.165) is 0 Å². The van der Waals surface area contributed by atoms with Gasteiger partial charge in [0.25, 0.3) is 5.91 Å². The highest BCUT2D eigenvalue weighted by atomic mass is 16.2. The Morgan fingerprint density at radius 2 is 1.76 bits per heavy atom. The maximum absolute atomic E-state index is 13.2. The Kier molecular flexibility index (Phi) is 5.15. The van der Waals surface area contributed by atoms with Crippen molar-refractivity contribution in [3.8, 4) is 0 Å². The van der Waals surface area contributed by atoms with Crippen LogP contribution in [0.15, 0.2) is 0 Å². The number of hydrogen-bond acceptors (Lipinski definition) is 3. The van der Waals surface area contributed by atoms with E-state index in [1.165, 1.54) is 0 Å². The Morgan fingerprint density at radius 3 is 2.14 bits per heavy atom. The fourth-order valence-corrected chi connectivity index (χ4v) is 3.74. The monoisotopic (exact) mass is 298 g/mol. The molecule has 0 aromatic carbocycles. The minimum absolute atomic E-state index is 0.00485. The third-order valence-corrected chi connectivity index (χ3v) is 4.59. The molecular formula is C15H28N3O3+. The first-order valence-electron chi connectivity index (χ1n) is 7.54. The second kappa shape index (κ2) is 6.13. The molecule has 0 aromatic rings. The molecule has 1 aliphatic rings. The lowest BCUT2D eigenvalue weighted by molar-refractivity contribution is -0.860. The molecule has 21 heavy (non-hydrogen) atoms. The molecule has 0 radical (unpaired) electrons. The van der Waals surface area contributed by atoms with Crippen LogP contribution in [0.4, 0.5) is 0 Å². The smallest absolute Gasteiger partial charge is 0.321 e. The van der Waals surface area contributed by atoms with Crippen molar-refractivity contribution in [2.45, 2.75) is 53.0 Å². The summed E-state index contributed by atoms with van der Waals surface area (Å²) in [6.07, 6.45) is 1.24. The topological polar surface area (TPSA) is 103 Å². The summed E-state index contributed by atoms with van der Waals surface area (Å²) in [5.74, 6) is -0.735. The van der Waals surface area contributed by atoms with Gasteiger partial charge in [0.1, 0.15) is 0 Å². The van der Waals surface area contributed by atoms with Gasteiger partial charge in [-0.2, -0.15) is 0 Å². The standard InChI is InChI=1S/C15H27N3O3/c1-10(2)7-15(8-12(16)19)5-6-18(11(3)4,14(15)21)9-13(17)20/h10-11H,5-9H2,1-4H3,(H3-,16,17,19,20)/p+1. The van der Waals surface area contributed by atoms with Crippen molar-refractivity contribution < 1.29 is 18.9 Å². The third-order valence-electron chi connectivity index (χ3n) is 4.59. The van der Waals surface area contributed by atoms with Gasteiger partial charge in [-0.05, 0) is 26.2 Å². The molecule has 1 aliphatic heterocycles. The highest BCUT2D eigenvalue weighted by Crippen LogP contribution is 2.45. The summed E-state index contributed by atoms with van der Waals surface area (Å²) in [7, 11) is 0. The maximum atomic E-state index is 13.2. The molecule has 1 fully saturated rings. The summed E-state index contributed by atoms with van der Waals surface area (Å²) in [4.78, 5) is 36.0. The molecule has 3 amide bonds. The Hall–Kier alpha value is -1.43. The average Bonchev–Trinajstić information content (AvgIpc) is 2.53. The number of primary amides is 2. The Labute approximate surface area is 126 Å². The van der Waals surface area contributed by atoms with E-state index in [4.69, 9.17) is 11.5 Å². The Morgan fingerprint density at radius 1 is 1.19 bits per heavy atom. The molecule has 0 bridgehead atoms. The maximum Gasteiger partial charge on any atom is 0.321 e. The molecule has 2 unspecified atom stereocenters. The molecule has 1 rings (SSSR count). The lowest BCUT2D eigenvalue weighted by atomic mass is 9.75. The van der Waals surface area contributed by atoms with E-state index in [-0.39, 0.29) is 35.3 Å². The van der Waals surface area contributed by atoms with Crippen molar-refractivity contribution in [1.29, 1.82) is 0 Å². The molecule has 1 heterocycles. The normalized spacial score (nSPS) is 29.3. The van der Waals surface area contributed by atoms with Crippen LogP contribution in [0.5, 0.6) is 0 Å². The Balaban J connectivity index is 3.22. The van der Waals surface area contributed by atoms with Crippen molar-refractivity contribution >= 4 is 17.7 Å². The van der Waals surface area contributed by atoms with Crippen LogP contribution in [-0.2, 0) is 14.4 Å². The molecule has 6 heteroatoms. The van der Waals surface area contributed by atoms with E-state index >= 15 is 0 Å². The number of carbonyl (C=O) groups is 3. The molecule has 0 spiro atoms. The van der Waals surface area contributed by atoms with Crippen molar-refractivity contribution in [3.63, 3.8) is 0 Å². The van der Waals surface area contributed by atoms with Crippen molar-refractivity contribution in [1.82, 2.24) is 0 Å². The molecule has 0 aromatic heterocycles. The summed E-state index contributed by atoms with van der Waals surface area (Å²) in [5.41, 5.74) is 9.97. The number of amides is 3. The summed E-state index contributed by atoms with van der Waals surface area (Å²) in [5, 5.41) is 0. The van der Waals surface area contributed by atoms with Gasteiger partial charge in [0, 0.05) is 12.8 Å². The van der Waals surface area contributed by atoms with Crippen LogP contribution in [0.3, 0.4) is 0 Å². The fourth-order valence-electron chi connectivity index (χ4n) is 3.74. The zero-order valence-electron chi connectivity index (χ0n) is 13.5. The second-order valence-electron chi connectivity index (χ2n) is 7.05.